The topological polar surface area (TPSA) is 33.2 Å². The minimum absolute atomic E-state index is 0.189. The molecule has 1 amide bonds. The SMILES string of the molecule is Cc1cccnc1C(CCC(=O)N(C)C)C(C)C. The van der Waals surface area contributed by atoms with Crippen LogP contribution in [0.15, 0.2) is 18.3 Å². The Balaban J connectivity index is 2.79. The van der Waals surface area contributed by atoms with Crippen LogP contribution in [0.4, 0.5) is 0 Å². The highest BCUT2D eigenvalue weighted by atomic mass is 16.2. The maximum atomic E-state index is 11.7. The lowest BCUT2D eigenvalue weighted by molar-refractivity contribution is -0.128. The first-order valence-electron chi connectivity index (χ1n) is 6.55. The van der Waals surface area contributed by atoms with Crippen LogP contribution in [0.3, 0.4) is 0 Å². The van der Waals surface area contributed by atoms with Crippen molar-refractivity contribution in [2.45, 2.75) is 39.5 Å². The van der Waals surface area contributed by atoms with E-state index in [0.29, 0.717) is 18.3 Å². The molecule has 0 aliphatic rings. The molecule has 1 atom stereocenters. The van der Waals surface area contributed by atoms with Crippen molar-refractivity contribution >= 4 is 5.91 Å². The number of carbonyl (C=O) groups is 1. The molecule has 0 N–H and O–H groups in total. The molecule has 3 heteroatoms. The van der Waals surface area contributed by atoms with E-state index >= 15 is 0 Å². The molecule has 18 heavy (non-hydrogen) atoms. The number of aromatic nitrogens is 1. The molecule has 0 fully saturated rings. The van der Waals surface area contributed by atoms with Gasteiger partial charge in [0, 0.05) is 38.3 Å². The minimum Gasteiger partial charge on any atom is -0.349 e. The first kappa shape index (κ1) is 14.7. The number of rotatable bonds is 5. The zero-order valence-electron chi connectivity index (χ0n) is 12.1. The molecule has 0 bridgehead atoms. The second-order valence-corrected chi connectivity index (χ2v) is 5.38. The van der Waals surface area contributed by atoms with Gasteiger partial charge in [0.1, 0.15) is 0 Å². The molecule has 0 aliphatic carbocycles. The summed E-state index contributed by atoms with van der Waals surface area (Å²) < 4.78 is 0. The summed E-state index contributed by atoms with van der Waals surface area (Å²) in [6.45, 7) is 6.48. The fraction of sp³-hybridized carbons (Fsp3) is 0.600. The predicted octanol–water partition coefficient (Wildman–Crippen LogP) is 3.00. The van der Waals surface area contributed by atoms with Gasteiger partial charge in [-0.2, -0.15) is 0 Å². The van der Waals surface area contributed by atoms with Crippen LogP contribution in [0.5, 0.6) is 0 Å². The Bertz CT molecular complexity index is 399. The largest absolute Gasteiger partial charge is 0.349 e. The Morgan fingerprint density at radius 3 is 2.56 bits per heavy atom. The molecule has 0 spiro atoms. The van der Waals surface area contributed by atoms with Crippen LogP contribution >= 0.6 is 0 Å². The predicted molar refractivity (Wildman–Crippen MR) is 74.5 cm³/mol. The van der Waals surface area contributed by atoms with E-state index < -0.39 is 0 Å². The third-order valence-corrected chi connectivity index (χ3v) is 3.37. The van der Waals surface area contributed by atoms with Crippen molar-refractivity contribution in [1.29, 1.82) is 0 Å². The third kappa shape index (κ3) is 3.83. The molecule has 0 aliphatic heterocycles. The average Bonchev–Trinajstić information content (AvgIpc) is 2.30. The Hall–Kier alpha value is -1.38. The third-order valence-electron chi connectivity index (χ3n) is 3.37. The maximum Gasteiger partial charge on any atom is 0.222 e. The summed E-state index contributed by atoms with van der Waals surface area (Å²) in [6, 6.07) is 4.05. The highest BCUT2D eigenvalue weighted by Gasteiger charge is 2.20. The van der Waals surface area contributed by atoms with E-state index in [0.717, 1.165) is 12.1 Å². The first-order valence-corrected chi connectivity index (χ1v) is 6.55. The zero-order valence-corrected chi connectivity index (χ0v) is 12.1. The van der Waals surface area contributed by atoms with Crippen molar-refractivity contribution in [3.63, 3.8) is 0 Å². The molecule has 1 unspecified atom stereocenters. The molecule has 0 aromatic carbocycles. The van der Waals surface area contributed by atoms with E-state index in [-0.39, 0.29) is 5.91 Å². The second-order valence-electron chi connectivity index (χ2n) is 5.38. The number of hydrogen-bond donors (Lipinski definition) is 0. The quantitative estimate of drug-likeness (QED) is 0.802. The van der Waals surface area contributed by atoms with Gasteiger partial charge in [-0.25, -0.2) is 0 Å². The number of aryl methyl sites for hydroxylation is 1. The lowest BCUT2D eigenvalue weighted by Gasteiger charge is -2.22. The summed E-state index contributed by atoms with van der Waals surface area (Å²) >= 11 is 0. The van der Waals surface area contributed by atoms with Crippen molar-refractivity contribution in [3.05, 3.63) is 29.6 Å². The van der Waals surface area contributed by atoms with Crippen LogP contribution in [-0.2, 0) is 4.79 Å². The van der Waals surface area contributed by atoms with Crippen molar-refractivity contribution in [3.8, 4) is 0 Å². The van der Waals surface area contributed by atoms with Crippen molar-refractivity contribution < 1.29 is 4.79 Å². The van der Waals surface area contributed by atoms with Gasteiger partial charge in [0.2, 0.25) is 5.91 Å². The van der Waals surface area contributed by atoms with Gasteiger partial charge in [0.05, 0.1) is 0 Å². The van der Waals surface area contributed by atoms with E-state index in [1.165, 1.54) is 5.56 Å². The van der Waals surface area contributed by atoms with E-state index in [2.05, 4.69) is 31.8 Å². The average molecular weight is 248 g/mol. The Kier molecular flexibility index (Phi) is 5.32. The molecule has 1 aromatic rings. The lowest BCUT2D eigenvalue weighted by atomic mass is 9.86. The van der Waals surface area contributed by atoms with Gasteiger partial charge in [0.25, 0.3) is 0 Å². The molecule has 0 saturated carbocycles. The molecule has 1 rings (SSSR count). The van der Waals surface area contributed by atoms with Crippen LogP contribution in [0.25, 0.3) is 0 Å². The Morgan fingerprint density at radius 1 is 1.39 bits per heavy atom. The Labute approximate surface area is 110 Å². The highest BCUT2D eigenvalue weighted by Crippen LogP contribution is 2.29. The van der Waals surface area contributed by atoms with Gasteiger partial charge < -0.3 is 4.90 Å². The summed E-state index contributed by atoms with van der Waals surface area (Å²) in [5.41, 5.74) is 2.35. The number of nitrogens with zero attached hydrogens (tertiary/aromatic N) is 2. The van der Waals surface area contributed by atoms with E-state index in [1.54, 1.807) is 19.0 Å². The molecule has 1 heterocycles. The van der Waals surface area contributed by atoms with Crippen LogP contribution in [-0.4, -0.2) is 29.9 Å². The lowest BCUT2D eigenvalue weighted by Crippen LogP contribution is -2.23. The van der Waals surface area contributed by atoms with Crippen molar-refractivity contribution in [2.24, 2.45) is 5.92 Å². The van der Waals surface area contributed by atoms with Gasteiger partial charge in [-0.1, -0.05) is 19.9 Å². The fourth-order valence-electron chi connectivity index (χ4n) is 2.17. The van der Waals surface area contributed by atoms with Crippen molar-refractivity contribution in [1.82, 2.24) is 9.88 Å². The number of carbonyl (C=O) groups excluding carboxylic acids is 1. The maximum absolute atomic E-state index is 11.7. The molecule has 0 saturated heterocycles. The number of amides is 1. The summed E-state index contributed by atoms with van der Waals surface area (Å²) in [4.78, 5) is 17.8. The minimum atomic E-state index is 0.189. The summed E-state index contributed by atoms with van der Waals surface area (Å²) in [5, 5.41) is 0. The molecule has 3 nitrogen and oxygen atoms in total. The Morgan fingerprint density at radius 2 is 2.06 bits per heavy atom. The summed E-state index contributed by atoms with van der Waals surface area (Å²) in [7, 11) is 3.61. The van der Waals surface area contributed by atoms with Gasteiger partial charge in [-0.15, -0.1) is 0 Å². The summed E-state index contributed by atoms with van der Waals surface area (Å²) in [6.07, 6.45) is 3.30. The van der Waals surface area contributed by atoms with E-state index in [1.807, 2.05) is 12.3 Å². The van der Waals surface area contributed by atoms with Gasteiger partial charge in [-0.3, -0.25) is 9.78 Å². The smallest absolute Gasteiger partial charge is 0.222 e. The van der Waals surface area contributed by atoms with Gasteiger partial charge >= 0.3 is 0 Å². The first-order chi connectivity index (χ1) is 8.43. The highest BCUT2D eigenvalue weighted by molar-refractivity contribution is 5.75. The van der Waals surface area contributed by atoms with Crippen LogP contribution < -0.4 is 0 Å². The fourth-order valence-corrected chi connectivity index (χ4v) is 2.17. The van der Waals surface area contributed by atoms with Crippen LogP contribution in [0, 0.1) is 12.8 Å². The van der Waals surface area contributed by atoms with Crippen LogP contribution in [0.2, 0.25) is 0 Å². The molecule has 1 aromatic heterocycles. The molecular formula is C15H24N2O. The molecule has 100 valence electrons. The number of pyridine rings is 1. The normalized spacial score (nSPS) is 12.6. The zero-order chi connectivity index (χ0) is 13.7. The summed E-state index contributed by atoms with van der Waals surface area (Å²) in [5.74, 6) is 1.04. The molecular weight excluding hydrogens is 224 g/mol. The standard InChI is InChI=1S/C15H24N2O/c1-11(2)13(8-9-14(18)17(4)5)15-12(3)7-6-10-16-15/h6-7,10-11,13H,8-9H2,1-5H3. The van der Waals surface area contributed by atoms with E-state index in [4.69, 9.17) is 0 Å². The van der Waals surface area contributed by atoms with Gasteiger partial charge in [-0.05, 0) is 30.9 Å². The second kappa shape index (κ2) is 6.53. The van der Waals surface area contributed by atoms with Crippen molar-refractivity contribution in [2.75, 3.05) is 14.1 Å². The molecule has 0 radical (unpaired) electrons. The van der Waals surface area contributed by atoms with Crippen LogP contribution in [0.1, 0.15) is 43.9 Å². The monoisotopic (exact) mass is 248 g/mol. The number of hydrogen-bond acceptors (Lipinski definition) is 2. The van der Waals surface area contributed by atoms with E-state index in [9.17, 15) is 4.79 Å². The van der Waals surface area contributed by atoms with Gasteiger partial charge in [0.15, 0.2) is 0 Å².